The van der Waals surface area contributed by atoms with Gasteiger partial charge in [-0.15, -0.1) is 24.0 Å². The van der Waals surface area contributed by atoms with Gasteiger partial charge in [0.2, 0.25) is 5.89 Å². The first-order valence-corrected chi connectivity index (χ1v) is 7.45. The summed E-state index contributed by atoms with van der Waals surface area (Å²) in [4.78, 5) is 13.3. The van der Waals surface area contributed by atoms with E-state index in [4.69, 9.17) is 4.42 Å². The second-order valence-electron chi connectivity index (χ2n) is 5.06. The van der Waals surface area contributed by atoms with Gasteiger partial charge in [0.05, 0.1) is 24.5 Å². The number of nitrogens with one attached hydrogen (secondary N) is 2. The van der Waals surface area contributed by atoms with Crippen LogP contribution in [0.4, 0.5) is 0 Å². The summed E-state index contributed by atoms with van der Waals surface area (Å²) < 4.78 is 5.56. The Balaban J connectivity index is 0.00000264. The third-order valence-electron chi connectivity index (χ3n) is 3.33. The molecule has 2 heterocycles. The molecule has 0 unspecified atom stereocenters. The maximum Gasteiger partial charge on any atom is 0.214 e. The van der Waals surface area contributed by atoms with E-state index < -0.39 is 0 Å². The van der Waals surface area contributed by atoms with Crippen molar-refractivity contribution in [3.63, 3.8) is 0 Å². The molecule has 0 fully saturated rings. The first-order chi connectivity index (χ1) is 10.6. The van der Waals surface area contributed by atoms with Crippen LogP contribution >= 0.6 is 24.0 Å². The Bertz CT molecular complexity index is 634. The van der Waals surface area contributed by atoms with Gasteiger partial charge in [0.1, 0.15) is 5.76 Å². The van der Waals surface area contributed by atoms with Crippen LogP contribution in [0.3, 0.4) is 0 Å². The van der Waals surface area contributed by atoms with Gasteiger partial charge in [-0.25, -0.2) is 9.98 Å². The summed E-state index contributed by atoms with van der Waals surface area (Å²) in [6.45, 7) is 9.74. The first-order valence-electron chi connectivity index (χ1n) is 7.45. The monoisotopic (exact) mass is 429 g/mol. The van der Waals surface area contributed by atoms with Crippen molar-refractivity contribution < 1.29 is 4.42 Å². The molecule has 0 saturated heterocycles. The predicted molar refractivity (Wildman–Crippen MR) is 102 cm³/mol. The Kier molecular flexibility index (Phi) is 8.01. The van der Waals surface area contributed by atoms with Gasteiger partial charge >= 0.3 is 0 Å². The number of nitrogens with zero attached hydrogens (tertiary/aromatic N) is 3. The molecule has 0 aliphatic heterocycles. The van der Waals surface area contributed by atoms with Crippen LogP contribution in [0.5, 0.6) is 0 Å². The van der Waals surface area contributed by atoms with Crippen molar-refractivity contribution in [2.24, 2.45) is 4.99 Å². The van der Waals surface area contributed by atoms with Gasteiger partial charge in [-0.05, 0) is 39.3 Å². The van der Waals surface area contributed by atoms with Crippen LogP contribution in [0.1, 0.15) is 35.5 Å². The van der Waals surface area contributed by atoms with Crippen molar-refractivity contribution in [1.29, 1.82) is 0 Å². The number of hydrogen-bond donors (Lipinski definition) is 2. The lowest BCUT2D eigenvalue weighted by Gasteiger charge is -2.10. The highest BCUT2D eigenvalue weighted by Crippen LogP contribution is 2.08. The maximum absolute atomic E-state index is 5.56. The zero-order valence-corrected chi connectivity index (χ0v) is 16.3. The fraction of sp³-hybridized carbons (Fsp3) is 0.438. The van der Waals surface area contributed by atoms with Crippen molar-refractivity contribution in [3.8, 4) is 0 Å². The average Bonchev–Trinajstić information content (AvgIpc) is 2.82. The molecular formula is C16H24IN5O. The quantitative estimate of drug-likeness (QED) is 0.435. The molecule has 2 aromatic heterocycles. The molecule has 0 aliphatic rings. The zero-order valence-electron chi connectivity index (χ0n) is 14.0. The van der Waals surface area contributed by atoms with Crippen LogP contribution in [-0.4, -0.2) is 22.5 Å². The smallest absolute Gasteiger partial charge is 0.214 e. The SMILES string of the molecule is CCNC(=NCc1ncccc1C)NCc1nc(C)c(C)o1.I. The molecule has 0 radical (unpaired) electrons. The fourth-order valence-electron chi connectivity index (χ4n) is 1.95. The highest BCUT2D eigenvalue weighted by molar-refractivity contribution is 14.0. The Hall–Kier alpha value is -1.64. The lowest BCUT2D eigenvalue weighted by molar-refractivity contribution is 0.463. The van der Waals surface area contributed by atoms with Crippen LogP contribution in [0, 0.1) is 20.8 Å². The van der Waals surface area contributed by atoms with E-state index in [2.05, 4.69) is 25.6 Å². The minimum Gasteiger partial charge on any atom is -0.444 e. The highest BCUT2D eigenvalue weighted by atomic mass is 127. The Morgan fingerprint density at radius 1 is 1.26 bits per heavy atom. The lowest BCUT2D eigenvalue weighted by atomic mass is 10.2. The van der Waals surface area contributed by atoms with Gasteiger partial charge in [0.15, 0.2) is 5.96 Å². The zero-order chi connectivity index (χ0) is 15.9. The van der Waals surface area contributed by atoms with Crippen molar-refractivity contribution in [2.75, 3.05) is 6.54 Å². The van der Waals surface area contributed by atoms with Crippen LogP contribution in [0.25, 0.3) is 0 Å². The van der Waals surface area contributed by atoms with E-state index in [0.717, 1.165) is 35.2 Å². The van der Waals surface area contributed by atoms with E-state index in [-0.39, 0.29) is 24.0 Å². The number of halogens is 1. The minimum atomic E-state index is 0. The molecule has 0 atom stereocenters. The van der Waals surface area contributed by atoms with E-state index in [0.29, 0.717) is 19.0 Å². The average molecular weight is 429 g/mol. The minimum absolute atomic E-state index is 0. The lowest BCUT2D eigenvalue weighted by Crippen LogP contribution is -2.36. The summed E-state index contributed by atoms with van der Waals surface area (Å²) in [5.74, 6) is 2.23. The normalized spacial score (nSPS) is 11.0. The third-order valence-corrected chi connectivity index (χ3v) is 3.33. The number of aryl methyl sites for hydroxylation is 3. The molecule has 6 nitrogen and oxygen atoms in total. The molecule has 0 amide bonds. The summed E-state index contributed by atoms with van der Waals surface area (Å²) in [5, 5.41) is 6.43. The number of aromatic nitrogens is 2. The van der Waals surface area contributed by atoms with Crippen LogP contribution in [-0.2, 0) is 13.1 Å². The molecule has 2 N–H and O–H groups in total. The molecule has 0 saturated carbocycles. The fourth-order valence-corrected chi connectivity index (χ4v) is 1.95. The van der Waals surface area contributed by atoms with Crippen molar-refractivity contribution in [2.45, 2.75) is 40.8 Å². The molecule has 0 aromatic carbocycles. The largest absolute Gasteiger partial charge is 0.444 e. The highest BCUT2D eigenvalue weighted by Gasteiger charge is 2.06. The molecule has 7 heteroatoms. The standard InChI is InChI=1S/C16H23N5O.HI/c1-5-17-16(19-9-14-11(2)7-6-8-18-14)20-10-15-21-12(3)13(4)22-15;/h6-8H,5,9-10H2,1-4H3,(H2,17,19,20);1H. The molecule has 2 rings (SSSR count). The summed E-state index contributed by atoms with van der Waals surface area (Å²) >= 11 is 0. The summed E-state index contributed by atoms with van der Waals surface area (Å²) in [6.07, 6.45) is 1.79. The van der Waals surface area contributed by atoms with E-state index in [1.54, 1.807) is 6.20 Å². The number of aliphatic imine (C=N–C) groups is 1. The van der Waals surface area contributed by atoms with Crippen LogP contribution in [0.15, 0.2) is 27.7 Å². The van der Waals surface area contributed by atoms with Gasteiger partial charge in [-0.2, -0.15) is 0 Å². The van der Waals surface area contributed by atoms with Gasteiger partial charge in [-0.1, -0.05) is 6.07 Å². The third kappa shape index (κ3) is 5.81. The predicted octanol–water partition coefficient (Wildman–Crippen LogP) is 2.87. The Morgan fingerprint density at radius 3 is 2.65 bits per heavy atom. The molecule has 2 aromatic rings. The summed E-state index contributed by atoms with van der Waals surface area (Å²) in [7, 11) is 0. The molecule has 23 heavy (non-hydrogen) atoms. The van der Waals surface area contributed by atoms with Crippen molar-refractivity contribution in [3.05, 3.63) is 46.9 Å². The molecule has 0 aliphatic carbocycles. The Labute approximate surface area is 154 Å². The number of hydrogen-bond acceptors (Lipinski definition) is 4. The van der Waals surface area contributed by atoms with E-state index in [9.17, 15) is 0 Å². The number of oxazole rings is 1. The maximum atomic E-state index is 5.56. The second-order valence-corrected chi connectivity index (χ2v) is 5.06. The Morgan fingerprint density at radius 2 is 2.04 bits per heavy atom. The van der Waals surface area contributed by atoms with Gasteiger partial charge in [0.25, 0.3) is 0 Å². The topological polar surface area (TPSA) is 75.3 Å². The molecule has 126 valence electrons. The van der Waals surface area contributed by atoms with E-state index in [1.165, 1.54) is 0 Å². The molecular weight excluding hydrogens is 405 g/mol. The van der Waals surface area contributed by atoms with Gasteiger partial charge < -0.3 is 15.1 Å². The molecule has 0 bridgehead atoms. The van der Waals surface area contributed by atoms with Crippen molar-refractivity contribution in [1.82, 2.24) is 20.6 Å². The van der Waals surface area contributed by atoms with Crippen LogP contribution in [0.2, 0.25) is 0 Å². The van der Waals surface area contributed by atoms with Gasteiger partial charge in [-0.3, -0.25) is 4.98 Å². The van der Waals surface area contributed by atoms with E-state index in [1.807, 2.05) is 39.8 Å². The van der Waals surface area contributed by atoms with Crippen LogP contribution < -0.4 is 10.6 Å². The number of rotatable bonds is 5. The van der Waals surface area contributed by atoms with E-state index >= 15 is 0 Å². The summed E-state index contributed by atoms with van der Waals surface area (Å²) in [5.41, 5.74) is 3.03. The second kappa shape index (κ2) is 9.49. The number of pyridine rings is 1. The summed E-state index contributed by atoms with van der Waals surface area (Å²) in [6, 6.07) is 3.97. The first kappa shape index (κ1) is 19.4. The van der Waals surface area contributed by atoms with Crippen molar-refractivity contribution >= 4 is 29.9 Å². The number of guanidine groups is 1. The molecule has 0 spiro atoms. The van der Waals surface area contributed by atoms with Gasteiger partial charge in [0, 0.05) is 12.7 Å².